The molecule has 1 aromatic rings. The minimum absolute atomic E-state index is 0.243. The summed E-state index contributed by atoms with van der Waals surface area (Å²) in [5.41, 5.74) is 0. The van der Waals surface area contributed by atoms with Crippen LogP contribution in [0.5, 0.6) is 0 Å². The third-order valence-corrected chi connectivity index (χ3v) is 5.48. The van der Waals surface area contributed by atoms with Crippen molar-refractivity contribution in [3.05, 3.63) is 11.7 Å². The molecule has 1 aliphatic carbocycles. The van der Waals surface area contributed by atoms with Crippen LogP contribution in [0.4, 0.5) is 0 Å². The molecule has 2 aliphatic rings. The van der Waals surface area contributed by atoms with Crippen LogP contribution < -0.4 is 0 Å². The van der Waals surface area contributed by atoms with Gasteiger partial charge in [-0.2, -0.15) is 4.98 Å². The van der Waals surface area contributed by atoms with Crippen LogP contribution in [-0.4, -0.2) is 46.7 Å². The summed E-state index contributed by atoms with van der Waals surface area (Å²) in [4.78, 5) is 19.1. The number of nitrogens with zero attached hydrogens (tertiary/aromatic N) is 3. The zero-order valence-corrected chi connectivity index (χ0v) is 16.3. The Balaban J connectivity index is 1.34. The first kappa shape index (κ1) is 19.3. The summed E-state index contributed by atoms with van der Waals surface area (Å²) in [6, 6.07) is 0. The van der Waals surface area contributed by atoms with Gasteiger partial charge in [-0.25, -0.2) is 0 Å². The van der Waals surface area contributed by atoms with E-state index >= 15 is 0 Å². The van der Waals surface area contributed by atoms with Crippen LogP contribution in [0.2, 0.25) is 0 Å². The molecule has 146 valence electrons. The van der Waals surface area contributed by atoms with Crippen molar-refractivity contribution in [2.24, 2.45) is 11.8 Å². The molecule has 0 spiro atoms. The van der Waals surface area contributed by atoms with Crippen molar-refractivity contribution in [1.29, 1.82) is 0 Å². The second-order valence-electron chi connectivity index (χ2n) is 8.18. The Bertz CT molecular complexity index is 558. The van der Waals surface area contributed by atoms with E-state index in [9.17, 15) is 4.79 Å². The molecule has 1 saturated carbocycles. The highest BCUT2D eigenvalue weighted by atomic mass is 16.5. The Kier molecular flexibility index (Phi) is 7.06. The molecule has 0 N–H and O–H groups in total. The number of likely N-dealkylation sites (tertiary alicyclic amines) is 1. The minimum Gasteiger partial charge on any atom is -0.378 e. The number of rotatable bonds is 7. The minimum atomic E-state index is 0.243. The number of piperidine rings is 1. The van der Waals surface area contributed by atoms with Crippen molar-refractivity contribution >= 4 is 5.91 Å². The van der Waals surface area contributed by atoms with Crippen LogP contribution in [0.3, 0.4) is 0 Å². The normalized spacial score (nSPS) is 20.0. The van der Waals surface area contributed by atoms with Crippen molar-refractivity contribution in [3.63, 3.8) is 0 Å². The maximum absolute atomic E-state index is 12.6. The highest BCUT2D eigenvalue weighted by Gasteiger charge is 2.29. The molecule has 2 fully saturated rings. The summed E-state index contributed by atoms with van der Waals surface area (Å²) in [5, 5.41) is 4.02. The molecule has 1 amide bonds. The first-order valence-electron chi connectivity index (χ1n) is 10.3. The van der Waals surface area contributed by atoms with Gasteiger partial charge in [0.25, 0.3) is 0 Å². The summed E-state index contributed by atoms with van der Waals surface area (Å²) >= 11 is 0. The van der Waals surface area contributed by atoms with Crippen molar-refractivity contribution in [2.75, 3.05) is 19.7 Å². The molecular formula is C20H33N3O3. The fourth-order valence-corrected chi connectivity index (χ4v) is 3.99. The number of hydrogen-bond donors (Lipinski definition) is 0. The topological polar surface area (TPSA) is 68.5 Å². The van der Waals surface area contributed by atoms with Gasteiger partial charge in [-0.05, 0) is 31.6 Å². The molecule has 2 heterocycles. The quantitative estimate of drug-likeness (QED) is 0.743. The average Bonchev–Trinajstić information content (AvgIpc) is 3.09. The van der Waals surface area contributed by atoms with Gasteiger partial charge in [0.1, 0.15) is 0 Å². The monoisotopic (exact) mass is 363 g/mol. The Morgan fingerprint density at radius 1 is 1.19 bits per heavy atom. The Morgan fingerprint density at radius 2 is 1.92 bits per heavy atom. The highest BCUT2D eigenvalue weighted by Crippen LogP contribution is 2.27. The summed E-state index contributed by atoms with van der Waals surface area (Å²) < 4.78 is 11.2. The molecule has 1 saturated heterocycles. The SMILES string of the molecule is CC(C)Cc1nc(CCOC2CCN(C(=O)C3CCCCC3)CC2)no1. The lowest BCUT2D eigenvalue weighted by molar-refractivity contribution is -0.139. The van der Waals surface area contributed by atoms with Gasteiger partial charge >= 0.3 is 0 Å². The summed E-state index contributed by atoms with van der Waals surface area (Å²) in [5.74, 6) is 2.61. The lowest BCUT2D eigenvalue weighted by Crippen LogP contribution is -2.44. The molecular weight excluding hydrogens is 330 g/mol. The van der Waals surface area contributed by atoms with Crippen molar-refractivity contribution in [1.82, 2.24) is 15.0 Å². The molecule has 0 aromatic carbocycles. The van der Waals surface area contributed by atoms with Gasteiger partial charge in [-0.1, -0.05) is 38.3 Å². The zero-order chi connectivity index (χ0) is 18.4. The van der Waals surface area contributed by atoms with E-state index in [1.165, 1.54) is 19.3 Å². The maximum atomic E-state index is 12.6. The van der Waals surface area contributed by atoms with E-state index in [0.717, 1.165) is 51.0 Å². The first-order chi connectivity index (χ1) is 12.6. The van der Waals surface area contributed by atoms with Gasteiger partial charge in [-0.15, -0.1) is 0 Å². The Hall–Kier alpha value is -1.43. The number of carbonyl (C=O) groups excluding carboxylic acids is 1. The second-order valence-corrected chi connectivity index (χ2v) is 8.18. The van der Waals surface area contributed by atoms with Crippen LogP contribution in [-0.2, 0) is 22.4 Å². The van der Waals surface area contributed by atoms with E-state index in [1.807, 2.05) is 0 Å². The van der Waals surface area contributed by atoms with Gasteiger partial charge < -0.3 is 14.2 Å². The number of carbonyl (C=O) groups is 1. The molecule has 3 rings (SSSR count). The molecule has 6 heteroatoms. The highest BCUT2D eigenvalue weighted by molar-refractivity contribution is 5.79. The number of amides is 1. The van der Waals surface area contributed by atoms with E-state index in [-0.39, 0.29) is 12.0 Å². The molecule has 1 aliphatic heterocycles. The fraction of sp³-hybridized carbons (Fsp3) is 0.850. The zero-order valence-electron chi connectivity index (χ0n) is 16.3. The van der Waals surface area contributed by atoms with Crippen molar-refractivity contribution in [3.8, 4) is 0 Å². The Labute approximate surface area is 156 Å². The van der Waals surface area contributed by atoms with E-state index in [0.29, 0.717) is 30.7 Å². The van der Waals surface area contributed by atoms with Crippen LogP contribution in [0, 0.1) is 11.8 Å². The first-order valence-corrected chi connectivity index (χ1v) is 10.3. The van der Waals surface area contributed by atoms with Crippen molar-refractivity contribution < 1.29 is 14.1 Å². The molecule has 1 aromatic heterocycles. The summed E-state index contributed by atoms with van der Waals surface area (Å²) in [6.07, 6.45) is 9.50. The third kappa shape index (κ3) is 5.53. The lowest BCUT2D eigenvalue weighted by Gasteiger charge is -2.35. The van der Waals surface area contributed by atoms with E-state index in [1.54, 1.807) is 0 Å². The predicted molar refractivity (Wildman–Crippen MR) is 98.7 cm³/mol. The number of hydrogen-bond acceptors (Lipinski definition) is 5. The van der Waals surface area contributed by atoms with E-state index < -0.39 is 0 Å². The van der Waals surface area contributed by atoms with E-state index in [2.05, 4.69) is 28.9 Å². The molecule has 0 bridgehead atoms. The van der Waals surface area contributed by atoms with Crippen LogP contribution in [0.15, 0.2) is 4.52 Å². The second kappa shape index (κ2) is 9.49. The number of aromatic nitrogens is 2. The van der Waals surface area contributed by atoms with Crippen LogP contribution in [0.25, 0.3) is 0 Å². The fourth-order valence-electron chi connectivity index (χ4n) is 3.99. The summed E-state index contributed by atoms with van der Waals surface area (Å²) in [7, 11) is 0. The van der Waals surface area contributed by atoms with Gasteiger partial charge in [0.15, 0.2) is 5.82 Å². The van der Waals surface area contributed by atoms with Crippen LogP contribution >= 0.6 is 0 Å². The predicted octanol–water partition coefficient (Wildman–Crippen LogP) is 3.40. The maximum Gasteiger partial charge on any atom is 0.226 e. The van der Waals surface area contributed by atoms with Crippen molar-refractivity contribution in [2.45, 2.75) is 77.7 Å². The molecule has 0 unspecified atom stereocenters. The molecule has 26 heavy (non-hydrogen) atoms. The molecule has 0 atom stereocenters. The molecule has 6 nitrogen and oxygen atoms in total. The largest absolute Gasteiger partial charge is 0.378 e. The Morgan fingerprint density at radius 3 is 2.62 bits per heavy atom. The smallest absolute Gasteiger partial charge is 0.226 e. The van der Waals surface area contributed by atoms with Gasteiger partial charge in [0, 0.05) is 31.8 Å². The van der Waals surface area contributed by atoms with Gasteiger partial charge in [-0.3, -0.25) is 4.79 Å². The number of ether oxygens (including phenoxy) is 1. The third-order valence-electron chi connectivity index (χ3n) is 5.48. The van der Waals surface area contributed by atoms with Gasteiger partial charge in [0.05, 0.1) is 12.7 Å². The van der Waals surface area contributed by atoms with Crippen LogP contribution in [0.1, 0.15) is 70.5 Å². The summed E-state index contributed by atoms with van der Waals surface area (Å²) in [6.45, 7) is 6.56. The lowest BCUT2D eigenvalue weighted by atomic mass is 9.88. The average molecular weight is 364 g/mol. The van der Waals surface area contributed by atoms with Gasteiger partial charge in [0.2, 0.25) is 11.8 Å². The molecule has 0 radical (unpaired) electrons. The van der Waals surface area contributed by atoms with E-state index in [4.69, 9.17) is 9.26 Å². The standard InChI is InChI=1S/C20H33N3O3/c1-15(2)14-19-21-18(22-26-19)10-13-25-17-8-11-23(12-9-17)20(24)16-6-4-3-5-7-16/h15-17H,3-14H2,1-2H3.